The Hall–Kier alpha value is -1.42. The first-order valence-electron chi connectivity index (χ1n) is 4.90. The average Bonchev–Trinajstić information content (AvgIpc) is 2.28. The van der Waals surface area contributed by atoms with Crippen LogP contribution in [0.4, 0.5) is 0 Å². The van der Waals surface area contributed by atoms with Gasteiger partial charge in [-0.15, -0.1) is 0 Å². The molecule has 2 rings (SSSR count). The normalized spacial score (nSPS) is 19.0. The van der Waals surface area contributed by atoms with Gasteiger partial charge in [-0.1, -0.05) is 0 Å². The van der Waals surface area contributed by atoms with Gasteiger partial charge in [-0.25, -0.2) is 0 Å². The van der Waals surface area contributed by atoms with Crippen LogP contribution in [0, 0.1) is 0 Å². The van der Waals surface area contributed by atoms with E-state index >= 15 is 0 Å². The van der Waals surface area contributed by atoms with Gasteiger partial charge in [-0.3, -0.25) is 0 Å². The van der Waals surface area contributed by atoms with Crippen LogP contribution in [-0.2, 0) is 0 Å². The van der Waals surface area contributed by atoms with E-state index in [0.717, 1.165) is 17.7 Å². The van der Waals surface area contributed by atoms with Crippen molar-refractivity contribution in [2.45, 2.75) is 12.5 Å². The van der Waals surface area contributed by atoms with E-state index in [4.69, 9.17) is 19.9 Å². The maximum atomic E-state index is 5.99. The van der Waals surface area contributed by atoms with Gasteiger partial charge in [0.2, 0.25) is 0 Å². The molecule has 0 aromatic heterocycles. The zero-order valence-corrected chi connectivity index (χ0v) is 8.95. The van der Waals surface area contributed by atoms with Crippen LogP contribution in [0.15, 0.2) is 12.1 Å². The number of ether oxygens (including phenoxy) is 3. The number of nitrogens with two attached hydrogens (primary N) is 1. The Morgan fingerprint density at radius 3 is 2.60 bits per heavy atom. The molecule has 0 saturated heterocycles. The molecule has 4 nitrogen and oxygen atoms in total. The molecule has 0 spiro atoms. The Kier molecular flexibility index (Phi) is 2.68. The first-order chi connectivity index (χ1) is 7.26. The molecule has 2 N–H and O–H groups in total. The summed E-state index contributed by atoms with van der Waals surface area (Å²) in [5.74, 6) is 2.16. The molecule has 1 heterocycles. The molecule has 15 heavy (non-hydrogen) atoms. The Labute approximate surface area is 88.9 Å². The summed E-state index contributed by atoms with van der Waals surface area (Å²) in [6.07, 6.45) is 0.836. The molecule has 1 aromatic carbocycles. The van der Waals surface area contributed by atoms with Crippen molar-refractivity contribution in [3.63, 3.8) is 0 Å². The van der Waals surface area contributed by atoms with E-state index in [1.54, 1.807) is 14.2 Å². The monoisotopic (exact) mass is 209 g/mol. The third-order valence-corrected chi connectivity index (χ3v) is 2.60. The van der Waals surface area contributed by atoms with Crippen molar-refractivity contribution in [2.24, 2.45) is 5.73 Å². The first-order valence-corrected chi connectivity index (χ1v) is 4.90. The maximum Gasteiger partial charge on any atom is 0.164 e. The molecule has 1 aromatic rings. The summed E-state index contributed by atoms with van der Waals surface area (Å²) in [6, 6.07) is 3.74. The summed E-state index contributed by atoms with van der Waals surface area (Å²) in [4.78, 5) is 0. The summed E-state index contributed by atoms with van der Waals surface area (Å²) in [5.41, 5.74) is 6.97. The van der Waals surface area contributed by atoms with Gasteiger partial charge in [0.1, 0.15) is 5.75 Å². The highest BCUT2D eigenvalue weighted by Crippen LogP contribution is 2.39. The van der Waals surface area contributed by atoms with E-state index in [-0.39, 0.29) is 6.04 Å². The average molecular weight is 209 g/mol. The molecule has 1 aliphatic rings. The van der Waals surface area contributed by atoms with E-state index in [2.05, 4.69) is 0 Å². The fourth-order valence-electron chi connectivity index (χ4n) is 1.74. The Morgan fingerprint density at radius 1 is 1.27 bits per heavy atom. The minimum absolute atomic E-state index is 0.0218. The van der Waals surface area contributed by atoms with Crippen molar-refractivity contribution in [2.75, 3.05) is 20.8 Å². The first kappa shape index (κ1) is 10.1. The molecular weight excluding hydrogens is 194 g/mol. The predicted octanol–water partition coefficient (Wildman–Crippen LogP) is 1.49. The summed E-state index contributed by atoms with van der Waals surface area (Å²) in [7, 11) is 3.21. The van der Waals surface area contributed by atoms with Crippen LogP contribution in [-0.4, -0.2) is 20.8 Å². The van der Waals surface area contributed by atoms with E-state index in [1.165, 1.54) is 0 Å². The molecule has 82 valence electrons. The third kappa shape index (κ3) is 1.72. The van der Waals surface area contributed by atoms with Crippen LogP contribution in [0.2, 0.25) is 0 Å². The van der Waals surface area contributed by atoms with E-state index in [0.29, 0.717) is 18.1 Å². The second-order valence-corrected chi connectivity index (χ2v) is 3.49. The van der Waals surface area contributed by atoms with Crippen LogP contribution >= 0.6 is 0 Å². The molecule has 0 fully saturated rings. The van der Waals surface area contributed by atoms with Gasteiger partial charge in [-0.2, -0.15) is 0 Å². The summed E-state index contributed by atoms with van der Waals surface area (Å²) >= 11 is 0. The Bertz CT molecular complexity index is 365. The van der Waals surface area contributed by atoms with Crippen LogP contribution < -0.4 is 19.9 Å². The number of benzene rings is 1. The predicted molar refractivity (Wildman–Crippen MR) is 56.6 cm³/mol. The molecule has 1 aliphatic heterocycles. The van der Waals surface area contributed by atoms with Crippen molar-refractivity contribution in [1.82, 2.24) is 0 Å². The van der Waals surface area contributed by atoms with Crippen LogP contribution in [0.1, 0.15) is 18.0 Å². The molecule has 0 bridgehead atoms. The van der Waals surface area contributed by atoms with E-state index < -0.39 is 0 Å². The van der Waals surface area contributed by atoms with E-state index in [1.807, 2.05) is 12.1 Å². The second kappa shape index (κ2) is 3.98. The molecule has 0 aliphatic carbocycles. The molecule has 0 radical (unpaired) electrons. The largest absolute Gasteiger partial charge is 0.493 e. The Morgan fingerprint density at radius 2 is 1.93 bits per heavy atom. The molecule has 1 atom stereocenters. The molecular formula is C11H15NO3. The smallest absolute Gasteiger partial charge is 0.164 e. The van der Waals surface area contributed by atoms with Gasteiger partial charge in [0.05, 0.1) is 20.8 Å². The number of rotatable bonds is 2. The standard InChI is InChI=1S/C11H15NO3/c1-13-10-5-7-8(12)3-4-15-9(7)6-11(10)14-2/h5-6,8H,3-4,12H2,1-2H3/t8-/m0/s1. The van der Waals surface area contributed by atoms with Gasteiger partial charge >= 0.3 is 0 Å². The zero-order chi connectivity index (χ0) is 10.8. The highest BCUT2D eigenvalue weighted by Gasteiger charge is 2.21. The molecule has 0 amide bonds. The minimum Gasteiger partial charge on any atom is -0.493 e. The summed E-state index contributed by atoms with van der Waals surface area (Å²) < 4.78 is 15.9. The van der Waals surface area contributed by atoms with Crippen molar-refractivity contribution in [3.05, 3.63) is 17.7 Å². The van der Waals surface area contributed by atoms with Crippen molar-refractivity contribution < 1.29 is 14.2 Å². The highest BCUT2D eigenvalue weighted by molar-refractivity contribution is 5.52. The minimum atomic E-state index is 0.0218. The van der Waals surface area contributed by atoms with Gasteiger partial charge in [-0.05, 0) is 6.07 Å². The maximum absolute atomic E-state index is 5.99. The lowest BCUT2D eigenvalue weighted by atomic mass is 10.0. The summed E-state index contributed by atoms with van der Waals surface area (Å²) in [5, 5.41) is 0. The second-order valence-electron chi connectivity index (χ2n) is 3.49. The van der Waals surface area contributed by atoms with Crippen LogP contribution in [0.25, 0.3) is 0 Å². The molecule has 4 heteroatoms. The summed E-state index contributed by atoms with van der Waals surface area (Å²) in [6.45, 7) is 0.656. The number of fused-ring (bicyclic) bond motifs is 1. The lowest BCUT2D eigenvalue weighted by Gasteiger charge is -2.24. The van der Waals surface area contributed by atoms with Crippen molar-refractivity contribution in [1.29, 1.82) is 0 Å². The fraction of sp³-hybridized carbons (Fsp3) is 0.455. The lowest BCUT2D eigenvalue weighted by molar-refractivity contribution is 0.264. The SMILES string of the molecule is COc1cc2c(cc1OC)[C@@H](N)CCO2. The number of hydrogen-bond donors (Lipinski definition) is 1. The number of methoxy groups -OCH3 is 2. The van der Waals surface area contributed by atoms with Crippen LogP contribution in [0.5, 0.6) is 17.2 Å². The van der Waals surface area contributed by atoms with Gasteiger partial charge in [0.25, 0.3) is 0 Å². The lowest BCUT2D eigenvalue weighted by Crippen LogP contribution is -2.20. The van der Waals surface area contributed by atoms with Gasteiger partial charge in [0, 0.05) is 24.1 Å². The molecule has 0 saturated carbocycles. The topological polar surface area (TPSA) is 53.7 Å². The van der Waals surface area contributed by atoms with Crippen molar-refractivity contribution in [3.8, 4) is 17.2 Å². The zero-order valence-electron chi connectivity index (χ0n) is 8.95. The van der Waals surface area contributed by atoms with E-state index in [9.17, 15) is 0 Å². The third-order valence-electron chi connectivity index (χ3n) is 2.60. The van der Waals surface area contributed by atoms with Gasteiger partial charge < -0.3 is 19.9 Å². The highest BCUT2D eigenvalue weighted by atomic mass is 16.5. The van der Waals surface area contributed by atoms with Gasteiger partial charge in [0.15, 0.2) is 11.5 Å². The molecule has 0 unspecified atom stereocenters. The quantitative estimate of drug-likeness (QED) is 0.801. The Balaban J connectivity index is 2.48. The number of hydrogen-bond acceptors (Lipinski definition) is 4. The van der Waals surface area contributed by atoms with Crippen LogP contribution in [0.3, 0.4) is 0 Å². The fourth-order valence-corrected chi connectivity index (χ4v) is 1.74. The van der Waals surface area contributed by atoms with Crippen molar-refractivity contribution >= 4 is 0 Å².